The number of hydrogen-bond acceptors (Lipinski definition) is 6. The molecule has 2 aromatic heterocycles. The Kier molecular flexibility index (Phi) is 5.50. The van der Waals surface area contributed by atoms with Crippen LogP contribution in [0.25, 0.3) is 22.6 Å². The van der Waals surface area contributed by atoms with Crippen molar-refractivity contribution < 1.29 is 0 Å². The molecule has 1 aliphatic rings. The van der Waals surface area contributed by atoms with Gasteiger partial charge in [0, 0.05) is 23.4 Å². The van der Waals surface area contributed by atoms with Crippen LogP contribution in [0.4, 0.5) is 0 Å². The molecule has 0 bridgehead atoms. The largest absolute Gasteiger partial charge is 0.254 e. The normalized spacial score (nSPS) is 16.6. The van der Waals surface area contributed by atoms with Crippen molar-refractivity contribution >= 4 is 0 Å². The molecule has 174 valence electrons. The number of benzene rings is 1. The fourth-order valence-corrected chi connectivity index (χ4v) is 5.22. The lowest BCUT2D eigenvalue weighted by Gasteiger charge is -2.44. The number of rotatable bonds is 3. The summed E-state index contributed by atoms with van der Waals surface area (Å²) in [5.74, 6) is 0.199. The molecule has 1 aliphatic carbocycles. The van der Waals surface area contributed by atoms with Gasteiger partial charge in [0.2, 0.25) is 0 Å². The standard InChI is InChI=1S/C29H28N6/c1-8-17-10-23-24(28(4,5)29(6,7)27(23,2)3)12-22(17)25-18(13-30)9-19(16-33-25)26-34-20(14-31)11-21(15-32)35-26/h9-12,16H,8H2,1-7H3. The van der Waals surface area contributed by atoms with Crippen molar-refractivity contribution in [2.75, 3.05) is 0 Å². The number of fused-ring (bicyclic) bond motifs is 1. The summed E-state index contributed by atoms with van der Waals surface area (Å²) in [5.41, 5.74) is 6.39. The van der Waals surface area contributed by atoms with Crippen LogP contribution < -0.4 is 0 Å². The Bertz CT molecular complexity index is 1460. The predicted molar refractivity (Wildman–Crippen MR) is 134 cm³/mol. The highest BCUT2D eigenvalue weighted by Crippen LogP contribution is 2.62. The molecule has 0 saturated heterocycles. The fourth-order valence-electron chi connectivity index (χ4n) is 5.22. The van der Waals surface area contributed by atoms with E-state index in [0.717, 1.165) is 17.5 Å². The zero-order chi connectivity index (χ0) is 25.8. The van der Waals surface area contributed by atoms with Crippen LogP contribution >= 0.6 is 0 Å². The summed E-state index contributed by atoms with van der Waals surface area (Å²) in [4.78, 5) is 13.1. The summed E-state index contributed by atoms with van der Waals surface area (Å²) in [5, 5.41) is 28.6. The topological polar surface area (TPSA) is 110 Å². The average molecular weight is 461 g/mol. The smallest absolute Gasteiger partial charge is 0.163 e. The molecule has 6 nitrogen and oxygen atoms in total. The van der Waals surface area contributed by atoms with Crippen molar-refractivity contribution in [2.45, 2.75) is 65.7 Å². The fraction of sp³-hybridized carbons (Fsp3) is 0.379. The van der Waals surface area contributed by atoms with E-state index in [4.69, 9.17) is 4.98 Å². The lowest BCUT2D eigenvalue weighted by atomic mass is 9.59. The van der Waals surface area contributed by atoms with Crippen molar-refractivity contribution in [2.24, 2.45) is 5.41 Å². The molecule has 0 amide bonds. The Morgan fingerprint density at radius 1 is 0.771 bits per heavy atom. The van der Waals surface area contributed by atoms with Gasteiger partial charge in [-0.2, -0.15) is 15.8 Å². The number of pyridine rings is 1. The minimum atomic E-state index is -0.0706. The van der Waals surface area contributed by atoms with E-state index in [2.05, 4.69) is 76.6 Å². The minimum Gasteiger partial charge on any atom is -0.254 e. The minimum absolute atomic E-state index is 0.00876. The molecule has 0 fully saturated rings. The first-order valence-corrected chi connectivity index (χ1v) is 11.7. The van der Waals surface area contributed by atoms with E-state index in [0.29, 0.717) is 16.8 Å². The van der Waals surface area contributed by atoms with E-state index in [1.807, 2.05) is 12.1 Å². The molecule has 0 atom stereocenters. The van der Waals surface area contributed by atoms with E-state index in [9.17, 15) is 15.8 Å². The lowest BCUT2D eigenvalue weighted by Crippen LogP contribution is -2.42. The summed E-state index contributed by atoms with van der Waals surface area (Å²) < 4.78 is 0. The van der Waals surface area contributed by atoms with Gasteiger partial charge >= 0.3 is 0 Å². The van der Waals surface area contributed by atoms with Crippen LogP contribution in [-0.2, 0) is 17.3 Å². The third kappa shape index (κ3) is 3.39. The monoisotopic (exact) mass is 460 g/mol. The summed E-state index contributed by atoms with van der Waals surface area (Å²) in [6.07, 6.45) is 2.42. The zero-order valence-corrected chi connectivity index (χ0v) is 21.3. The highest BCUT2D eigenvalue weighted by molar-refractivity contribution is 5.75. The van der Waals surface area contributed by atoms with Crippen molar-refractivity contribution in [3.8, 4) is 40.9 Å². The molecule has 35 heavy (non-hydrogen) atoms. The van der Waals surface area contributed by atoms with Crippen molar-refractivity contribution in [3.05, 3.63) is 64.1 Å². The van der Waals surface area contributed by atoms with Gasteiger partial charge in [-0.05, 0) is 51.5 Å². The highest BCUT2D eigenvalue weighted by Gasteiger charge is 2.56. The third-order valence-corrected chi connectivity index (χ3v) is 8.57. The number of hydrogen-bond donors (Lipinski definition) is 0. The molecule has 4 rings (SSSR count). The van der Waals surface area contributed by atoms with Gasteiger partial charge < -0.3 is 0 Å². The Morgan fingerprint density at radius 3 is 1.86 bits per heavy atom. The summed E-state index contributed by atoms with van der Waals surface area (Å²) in [6.45, 7) is 16.0. The second kappa shape index (κ2) is 8.00. The number of aromatic nitrogens is 3. The second-order valence-electron chi connectivity index (χ2n) is 10.7. The Hall–Kier alpha value is -4.08. The predicted octanol–water partition coefficient (Wildman–Crippen LogP) is 5.98. The van der Waals surface area contributed by atoms with Crippen LogP contribution in [0.3, 0.4) is 0 Å². The lowest BCUT2D eigenvalue weighted by molar-refractivity contribution is 0.125. The van der Waals surface area contributed by atoms with Crippen molar-refractivity contribution in [1.29, 1.82) is 15.8 Å². The highest BCUT2D eigenvalue weighted by atomic mass is 14.9. The van der Waals surface area contributed by atoms with Gasteiger partial charge in [0.05, 0.1) is 11.3 Å². The maximum Gasteiger partial charge on any atom is 0.163 e. The quantitative estimate of drug-likeness (QED) is 0.475. The molecule has 0 spiro atoms. The number of aryl methyl sites for hydroxylation is 1. The zero-order valence-electron chi connectivity index (χ0n) is 21.3. The van der Waals surface area contributed by atoms with Crippen LogP contribution in [0.1, 0.15) is 82.1 Å². The van der Waals surface area contributed by atoms with Crippen LogP contribution in [0.5, 0.6) is 0 Å². The van der Waals surface area contributed by atoms with Gasteiger partial charge in [-0.1, -0.05) is 54.5 Å². The van der Waals surface area contributed by atoms with Gasteiger partial charge in [-0.15, -0.1) is 0 Å². The SMILES string of the molecule is CCc1cc2c(cc1-c1ncc(-c3nc(C#N)cc(C#N)n3)cc1C#N)C(C)(C)C(C)(C)C2(C)C. The first kappa shape index (κ1) is 24.1. The number of nitrogens with zero attached hydrogens (tertiary/aromatic N) is 6. The molecule has 0 radical (unpaired) electrons. The Balaban J connectivity index is 1.93. The molecule has 0 unspecified atom stereocenters. The van der Waals surface area contributed by atoms with Crippen molar-refractivity contribution in [1.82, 2.24) is 15.0 Å². The van der Waals surface area contributed by atoms with Crippen LogP contribution in [0.2, 0.25) is 0 Å². The Morgan fingerprint density at radius 2 is 1.34 bits per heavy atom. The Labute approximate surface area is 206 Å². The van der Waals surface area contributed by atoms with Crippen molar-refractivity contribution in [3.63, 3.8) is 0 Å². The molecule has 0 aliphatic heterocycles. The molecular weight excluding hydrogens is 432 g/mol. The van der Waals surface area contributed by atoms with E-state index in [1.165, 1.54) is 17.2 Å². The van der Waals surface area contributed by atoms with E-state index >= 15 is 0 Å². The van der Waals surface area contributed by atoms with Crippen LogP contribution in [0, 0.1) is 39.4 Å². The van der Waals surface area contributed by atoms with E-state index in [1.54, 1.807) is 12.3 Å². The summed E-state index contributed by atoms with van der Waals surface area (Å²) in [7, 11) is 0. The van der Waals surface area contributed by atoms with E-state index in [-0.39, 0.29) is 33.5 Å². The molecule has 0 N–H and O–H groups in total. The second-order valence-corrected chi connectivity index (χ2v) is 10.7. The van der Waals surface area contributed by atoms with Gasteiger partial charge in [-0.3, -0.25) is 4.98 Å². The maximum atomic E-state index is 10.0. The molecule has 0 saturated carbocycles. The average Bonchev–Trinajstić information content (AvgIpc) is 2.96. The van der Waals surface area contributed by atoms with E-state index < -0.39 is 0 Å². The van der Waals surface area contributed by atoms with Gasteiger partial charge in [0.1, 0.15) is 29.6 Å². The first-order chi connectivity index (χ1) is 16.4. The summed E-state index contributed by atoms with van der Waals surface area (Å²) in [6, 6.07) is 13.7. The van der Waals surface area contributed by atoms with Gasteiger partial charge in [-0.25, -0.2) is 9.97 Å². The van der Waals surface area contributed by atoms with Crippen LogP contribution in [0.15, 0.2) is 30.5 Å². The third-order valence-electron chi connectivity index (χ3n) is 8.57. The molecule has 2 heterocycles. The maximum absolute atomic E-state index is 10.0. The van der Waals surface area contributed by atoms with Crippen LogP contribution in [-0.4, -0.2) is 15.0 Å². The first-order valence-electron chi connectivity index (χ1n) is 11.7. The molecule has 6 heteroatoms. The number of nitriles is 3. The summed E-state index contributed by atoms with van der Waals surface area (Å²) >= 11 is 0. The van der Waals surface area contributed by atoms with Gasteiger partial charge in [0.25, 0.3) is 0 Å². The molecule has 3 aromatic rings. The van der Waals surface area contributed by atoms with Gasteiger partial charge in [0.15, 0.2) is 5.82 Å². The molecule has 1 aromatic carbocycles. The molecular formula is C29H28N6.